The molecule has 0 aliphatic heterocycles. The molecule has 0 spiro atoms. The summed E-state index contributed by atoms with van der Waals surface area (Å²) in [5.74, 6) is 0.0651. The number of aryl methyl sites for hydroxylation is 1. The monoisotopic (exact) mass is 309 g/mol. The molecule has 0 atom stereocenters. The van der Waals surface area contributed by atoms with Gasteiger partial charge in [0.1, 0.15) is 5.69 Å². The minimum absolute atomic E-state index is 0.124. The van der Waals surface area contributed by atoms with E-state index in [9.17, 15) is 9.59 Å². The molecule has 3 aromatic rings. The van der Waals surface area contributed by atoms with Crippen molar-refractivity contribution in [1.82, 2.24) is 19.7 Å². The summed E-state index contributed by atoms with van der Waals surface area (Å²) in [7, 11) is 0. The number of H-pyrrole nitrogens is 1. The molecule has 7 heteroatoms. The number of carbonyl (C=O) groups excluding carboxylic acids is 1. The van der Waals surface area contributed by atoms with Crippen LogP contribution in [0.5, 0.6) is 0 Å². The Kier molecular flexibility index (Phi) is 4.28. The molecule has 0 bridgehead atoms. The predicted octanol–water partition coefficient (Wildman–Crippen LogP) is 1.53. The van der Waals surface area contributed by atoms with Crippen molar-refractivity contribution in [2.75, 3.05) is 5.32 Å². The first kappa shape index (κ1) is 14.7. The van der Waals surface area contributed by atoms with E-state index >= 15 is 0 Å². The van der Waals surface area contributed by atoms with Crippen molar-refractivity contribution < 1.29 is 4.79 Å². The van der Waals surface area contributed by atoms with Gasteiger partial charge in [0, 0.05) is 18.8 Å². The summed E-state index contributed by atoms with van der Waals surface area (Å²) >= 11 is 0. The normalized spacial score (nSPS) is 10.4. The highest BCUT2D eigenvalue weighted by Gasteiger charge is 2.08. The van der Waals surface area contributed by atoms with E-state index in [2.05, 4.69) is 20.4 Å². The highest BCUT2D eigenvalue weighted by Crippen LogP contribution is 2.05. The van der Waals surface area contributed by atoms with Gasteiger partial charge < -0.3 is 5.32 Å². The maximum atomic E-state index is 12.0. The Morgan fingerprint density at radius 2 is 2.04 bits per heavy atom. The number of aromatic nitrogens is 4. The zero-order valence-corrected chi connectivity index (χ0v) is 12.3. The molecule has 0 unspecified atom stereocenters. The van der Waals surface area contributed by atoms with Crippen LogP contribution in [-0.4, -0.2) is 25.7 Å². The molecule has 0 aliphatic carbocycles. The summed E-state index contributed by atoms with van der Waals surface area (Å²) in [5, 5.41) is 6.56. The SMILES string of the molecule is O=C(CCc1ccccc1)Nc1cnc(-n2cccn2)[nH]c1=O. The summed E-state index contributed by atoms with van der Waals surface area (Å²) < 4.78 is 1.43. The van der Waals surface area contributed by atoms with Crippen LogP contribution in [0, 0.1) is 0 Å². The van der Waals surface area contributed by atoms with Crippen molar-refractivity contribution >= 4 is 11.6 Å². The Labute approximate surface area is 132 Å². The minimum Gasteiger partial charge on any atom is -0.320 e. The van der Waals surface area contributed by atoms with E-state index in [-0.39, 0.29) is 11.6 Å². The second-order valence-electron chi connectivity index (χ2n) is 4.93. The third-order valence-corrected chi connectivity index (χ3v) is 3.26. The van der Waals surface area contributed by atoms with E-state index in [4.69, 9.17) is 0 Å². The molecule has 0 fully saturated rings. The largest absolute Gasteiger partial charge is 0.320 e. The van der Waals surface area contributed by atoms with Crippen molar-refractivity contribution in [3.05, 3.63) is 70.9 Å². The maximum Gasteiger partial charge on any atom is 0.276 e. The average molecular weight is 309 g/mol. The van der Waals surface area contributed by atoms with Gasteiger partial charge in [0.05, 0.1) is 6.20 Å². The molecule has 2 N–H and O–H groups in total. The molecule has 0 saturated carbocycles. The molecule has 3 rings (SSSR count). The number of nitrogens with zero attached hydrogens (tertiary/aromatic N) is 3. The summed E-state index contributed by atoms with van der Waals surface area (Å²) in [5.41, 5.74) is 0.779. The second-order valence-corrected chi connectivity index (χ2v) is 4.93. The lowest BCUT2D eigenvalue weighted by molar-refractivity contribution is -0.116. The Morgan fingerprint density at radius 1 is 1.22 bits per heavy atom. The first-order chi connectivity index (χ1) is 11.2. The summed E-state index contributed by atoms with van der Waals surface area (Å²) in [6, 6.07) is 11.4. The van der Waals surface area contributed by atoms with Gasteiger partial charge in [-0.2, -0.15) is 5.10 Å². The molecule has 1 aromatic carbocycles. The van der Waals surface area contributed by atoms with E-state index < -0.39 is 5.56 Å². The van der Waals surface area contributed by atoms with E-state index in [1.54, 1.807) is 18.5 Å². The molecule has 2 aromatic heterocycles. The number of amides is 1. The van der Waals surface area contributed by atoms with Crippen LogP contribution in [0.15, 0.2) is 59.8 Å². The van der Waals surface area contributed by atoms with Gasteiger partial charge in [-0.3, -0.25) is 14.6 Å². The number of benzene rings is 1. The standard InChI is InChI=1S/C16H15N5O2/c22-14(8-7-12-5-2-1-3-6-12)19-13-11-17-16(20-15(13)23)21-10-4-9-18-21/h1-6,9-11H,7-8H2,(H,19,22)(H,17,20,23). The van der Waals surface area contributed by atoms with Gasteiger partial charge >= 0.3 is 0 Å². The number of anilines is 1. The molecule has 2 heterocycles. The topological polar surface area (TPSA) is 92.7 Å². The van der Waals surface area contributed by atoms with Crippen LogP contribution < -0.4 is 10.9 Å². The molecular weight excluding hydrogens is 294 g/mol. The molecule has 7 nitrogen and oxygen atoms in total. The van der Waals surface area contributed by atoms with E-state index in [1.807, 2.05) is 30.3 Å². The van der Waals surface area contributed by atoms with E-state index in [0.717, 1.165) is 5.56 Å². The lowest BCUT2D eigenvalue weighted by atomic mass is 10.1. The van der Waals surface area contributed by atoms with Crippen molar-refractivity contribution in [3.63, 3.8) is 0 Å². The fourth-order valence-electron chi connectivity index (χ4n) is 2.10. The van der Waals surface area contributed by atoms with Crippen LogP contribution >= 0.6 is 0 Å². The zero-order valence-electron chi connectivity index (χ0n) is 12.3. The predicted molar refractivity (Wildman–Crippen MR) is 85.4 cm³/mol. The first-order valence-corrected chi connectivity index (χ1v) is 7.15. The third-order valence-electron chi connectivity index (χ3n) is 3.26. The van der Waals surface area contributed by atoms with Gasteiger partial charge in [-0.15, -0.1) is 0 Å². The number of hydrogen-bond acceptors (Lipinski definition) is 4. The van der Waals surface area contributed by atoms with Crippen LogP contribution in [0.3, 0.4) is 0 Å². The van der Waals surface area contributed by atoms with Gasteiger partial charge in [-0.05, 0) is 18.1 Å². The number of aromatic amines is 1. The molecule has 23 heavy (non-hydrogen) atoms. The summed E-state index contributed by atoms with van der Waals surface area (Å²) in [6.07, 6.45) is 5.49. The van der Waals surface area contributed by atoms with Gasteiger partial charge in [-0.1, -0.05) is 30.3 Å². The number of nitrogens with one attached hydrogen (secondary N) is 2. The van der Waals surface area contributed by atoms with Crippen molar-refractivity contribution in [1.29, 1.82) is 0 Å². The molecule has 0 aliphatic rings. The lowest BCUT2D eigenvalue weighted by Gasteiger charge is -2.05. The molecule has 1 amide bonds. The maximum absolute atomic E-state index is 12.0. The fourth-order valence-corrected chi connectivity index (χ4v) is 2.10. The van der Waals surface area contributed by atoms with E-state index in [0.29, 0.717) is 18.8 Å². The van der Waals surface area contributed by atoms with Crippen LogP contribution in [0.2, 0.25) is 0 Å². The second kappa shape index (κ2) is 6.69. The number of hydrogen-bond donors (Lipinski definition) is 2. The van der Waals surface area contributed by atoms with Crippen LogP contribution in [0.25, 0.3) is 5.95 Å². The lowest BCUT2D eigenvalue weighted by Crippen LogP contribution is -2.22. The summed E-state index contributed by atoms with van der Waals surface area (Å²) in [6.45, 7) is 0. The van der Waals surface area contributed by atoms with Gasteiger partial charge in [-0.25, -0.2) is 9.67 Å². The van der Waals surface area contributed by atoms with Crippen LogP contribution in [0.1, 0.15) is 12.0 Å². The van der Waals surface area contributed by atoms with Crippen molar-refractivity contribution in [2.24, 2.45) is 0 Å². The van der Waals surface area contributed by atoms with Gasteiger partial charge in [0.25, 0.3) is 5.56 Å². The highest BCUT2D eigenvalue weighted by atomic mass is 16.2. The quantitative estimate of drug-likeness (QED) is 0.747. The van der Waals surface area contributed by atoms with Crippen molar-refractivity contribution in [2.45, 2.75) is 12.8 Å². The molecule has 0 saturated heterocycles. The van der Waals surface area contributed by atoms with Gasteiger partial charge in [0.15, 0.2) is 0 Å². The number of rotatable bonds is 5. The third kappa shape index (κ3) is 3.70. The Hall–Kier alpha value is -3.22. The van der Waals surface area contributed by atoms with E-state index in [1.165, 1.54) is 10.9 Å². The average Bonchev–Trinajstić information content (AvgIpc) is 3.10. The molecule has 116 valence electrons. The fraction of sp³-hybridized carbons (Fsp3) is 0.125. The Bertz CT molecular complexity index is 840. The van der Waals surface area contributed by atoms with Crippen LogP contribution in [-0.2, 0) is 11.2 Å². The molecule has 0 radical (unpaired) electrons. The Balaban J connectivity index is 1.63. The zero-order chi connectivity index (χ0) is 16.1. The Morgan fingerprint density at radius 3 is 2.74 bits per heavy atom. The smallest absolute Gasteiger partial charge is 0.276 e. The highest BCUT2D eigenvalue weighted by molar-refractivity contribution is 5.90. The van der Waals surface area contributed by atoms with Crippen molar-refractivity contribution in [3.8, 4) is 5.95 Å². The minimum atomic E-state index is -0.418. The van der Waals surface area contributed by atoms with Crippen LogP contribution in [0.4, 0.5) is 5.69 Å². The summed E-state index contributed by atoms with van der Waals surface area (Å²) in [4.78, 5) is 30.6. The molecular formula is C16H15N5O2. The first-order valence-electron chi connectivity index (χ1n) is 7.15. The van der Waals surface area contributed by atoms with Gasteiger partial charge in [0.2, 0.25) is 11.9 Å². The number of carbonyl (C=O) groups is 1.